The van der Waals surface area contributed by atoms with Crippen molar-refractivity contribution in [3.63, 3.8) is 0 Å². The van der Waals surface area contributed by atoms with Gasteiger partial charge in [-0.3, -0.25) is 9.78 Å². The van der Waals surface area contributed by atoms with E-state index >= 15 is 0 Å². The Bertz CT molecular complexity index is 899. The van der Waals surface area contributed by atoms with Crippen LogP contribution in [0.4, 0.5) is 0 Å². The fourth-order valence-corrected chi connectivity index (χ4v) is 3.19. The van der Waals surface area contributed by atoms with Gasteiger partial charge in [0.25, 0.3) is 5.56 Å². The fourth-order valence-electron chi connectivity index (χ4n) is 2.24. The Morgan fingerprint density at radius 1 is 1.22 bits per heavy atom. The van der Waals surface area contributed by atoms with Crippen LogP contribution in [-0.2, 0) is 15.1 Å². The van der Waals surface area contributed by atoms with E-state index in [9.17, 15) is 14.4 Å². The Morgan fingerprint density at radius 3 is 2.30 bits per heavy atom. The van der Waals surface area contributed by atoms with Crippen LogP contribution in [0.2, 0.25) is 0 Å². The molecule has 2 aromatic rings. The number of nitrogens with one attached hydrogen (secondary N) is 1. The summed E-state index contributed by atoms with van der Waals surface area (Å²) in [5.74, 6) is -0.655. The second kappa shape index (κ2) is 5.37. The lowest BCUT2D eigenvalue weighted by molar-refractivity contribution is -0.164. The van der Waals surface area contributed by atoms with E-state index in [4.69, 9.17) is 12.6 Å². The molecule has 2 radical (unpaired) electrons. The second-order valence-corrected chi connectivity index (χ2v) is 7.98. The molecule has 0 spiro atoms. The molecule has 1 N–H and O–H groups in total. The maximum Gasteiger partial charge on any atom is 0.332 e. The Labute approximate surface area is 138 Å². The number of rotatable bonds is 2. The monoisotopic (exact) mass is 334 g/mol. The molecule has 0 bridgehead atoms. The molecule has 0 aliphatic rings. The van der Waals surface area contributed by atoms with E-state index in [-0.39, 0.29) is 0 Å². The molecule has 0 aliphatic carbocycles. The zero-order chi connectivity index (χ0) is 17.7. The third-order valence-corrected chi connectivity index (χ3v) is 4.52. The highest BCUT2D eigenvalue weighted by Gasteiger charge is 2.37. The number of aryl methyl sites for hydroxylation is 1. The third-order valence-electron chi connectivity index (χ3n) is 3.48. The first-order chi connectivity index (χ1) is 10.4. The largest absolute Gasteiger partial charge is 0.458 e. The standard InChI is InChI=1S/C15H19BN2O4S/c1-7-8-10(23-9(7)16)17-13(21)18(11(8)19)15(5,6)12(20)22-14(2,3)4/h1-6H3,(H,17,21). The van der Waals surface area contributed by atoms with Crippen molar-refractivity contribution in [3.05, 3.63) is 26.4 Å². The van der Waals surface area contributed by atoms with Crippen molar-refractivity contribution < 1.29 is 9.53 Å². The average Bonchev–Trinajstić information content (AvgIpc) is 2.62. The Morgan fingerprint density at radius 2 is 1.78 bits per heavy atom. The number of nitrogens with zero attached hydrogens (tertiary/aromatic N) is 1. The zero-order valence-electron chi connectivity index (χ0n) is 14.1. The van der Waals surface area contributed by atoms with Gasteiger partial charge in [0.2, 0.25) is 0 Å². The number of ether oxygens (including phenoxy) is 1. The summed E-state index contributed by atoms with van der Waals surface area (Å²) < 4.78 is 6.69. The smallest absolute Gasteiger partial charge is 0.332 e. The molecule has 0 aliphatic heterocycles. The molecule has 0 unspecified atom stereocenters. The number of esters is 1. The van der Waals surface area contributed by atoms with Crippen LogP contribution in [0.15, 0.2) is 9.59 Å². The summed E-state index contributed by atoms with van der Waals surface area (Å²) in [6.07, 6.45) is 0. The van der Waals surface area contributed by atoms with E-state index in [1.54, 1.807) is 27.7 Å². The van der Waals surface area contributed by atoms with Crippen molar-refractivity contribution in [1.82, 2.24) is 9.55 Å². The van der Waals surface area contributed by atoms with Crippen molar-refractivity contribution >= 4 is 40.1 Å². The summed E-state index contributed by atoms with van der Waals surface area (Å²) in [5.41, 5.74) is -2.79. The summed E-state index contributed by atoms with van der Waals surface area (Å²) in [5, 5.41) is 0.323. The van der Waals surface area contributed by atoms with Crippen LogP contribution in [-0.4, -0.2) is 29.0 Å². The van der Waals surface area contributed by atoms with Crippen molar-refractivity contribution in [3.8, 4) is 0 Å². The normalized spacial score (nSPS) is 12.6. The molecule has 2 rings (SSSR count). The number of hydrogen-bond acceptors (Lipinski definition) is 5. The van der Waals surface area contributed by atoms with Gasteiger partial charge in [0, 0.05) is 0 Å². The Balaban J connectivity index is 2.72. The molecule has 2 aromatic heterocycles. The van der Waals surface area contributed by atoms with Crippen molar-refractivity contribution in [2.24, 2.45) is 0 Å². The highest BCUT2D eigenvalue weighted by atomic mass is 32.1. The number of thiophene rings is 1. The first-order valence-electron chi connectivity index (χ1n) is 7.14. The van der Waals surface area contributed by atoms with Crippen molar-refractivity contribution in [2.75, 3.05) is 0 Å². The molecule has 0 amide bonds. The van der Waals surface area contributed by atoms with Crippen LogP contribution in [0.3, 0.4) is 0 Å². The average molecular weight is 334 g/mol. The molecular weight excluding hydrogens is 315 g/mol. The highest BCUT2D eigenvalue weighted by molar-refractivity contribution is 7.26. The van der Waals surface area contributed by atoms with Crippen LogP contribution < -0.4 is 16.0 Å². The first kappa shape index (κ1) is 17.5. The second-order valence-electron chi connectivity index (χ2n) is 6.93. The quantitative estimate of drug-likeness (QED) is 0.654. The van der Waals surface area contributed by atoms with E-state index in [2.05, 4.69) is 4.98 Å². The molecular formula is C15H19BN2O4S. The molecule has 0 saturated heterocycles. The van der Waals surface area contributed by atoms with Gasteiger partial charge in [-0.2, -0.15) is 0 Å². The minimum atomic E-state index is -1.45. The van der Waals surface area contributed by atoms with E-state index in [1.807, 2.05) is 0 Å². The minimum absolute atomic E-state index is 0.323. The van der Waals surface area contributed by atoms with Gasteiger partial charge in [-0.15, -0.1) is 11.3 Å². The van der Waals surface area contributed by atoms with Gasteiger partial charge >= 0.3 is 11.7 Å². The number of H-pyrrole nitrogens is 1. The zero-order valence-corrected chi connectivity index (χ0v) is 14.9. The van der Waals surface area contributed by atoms with Gasteiger partial charge in [0.05, 0.1) is 5.39 Å². The van der Waals surface area contributed by atoms with Gasteiger partial charge in [-0.25, -0.2) is 14.2 Å². The number of aromatic nitrogens is 2. The van der Waals surface area contributed by atoms with Gasteiger partial charge in [0.15, 0.2) is 0 Å². The summed E-state index contributed by atoms with van der Waals surface area (Å²) in [6, 6.07) is 0. The van der Waals surface area contributed by atoms with Crippen LogP contribution in [0.5, 0.6) is 0 Å². The molecule has 2 heterocycles. The van der Waals surface area contributed by atoms with Gasteiger partial charge in [-0.05, 0) is 51.9 Å². The lowest BCUT2D eigenvalue weighted by Crippen LogP contribution is -2.52. The fraction of sp³-hybridized carbons (Fsp3) is 0.533. The third kappa shape index (κ3) is 2.99. The molecule has 0 fully saturated rings. The number of fused-ring (bicyclic) bond motifs is 1. The molecule has 0 aromatic carbocycles. The molecule has 23 heavy (non-hydrogen) atoms. The van der Waals surface area contributed by atoms with Gasteiger partial charge in [-0.1, -0.05) is 0 Å². The number of hydrogen-bond donors (Lipinski definition) is 1. The van der Waals surface area contributed by atoms with Crippen molar-refractivity contribution in [2.45, 2.75) is 52.7 Å². The predicted octanol–water partition coefficient (Wildman–Crippen LogP) is 0.930. The van der Waals surface area contributed by atoms with Crippen LogP contribution in [0.25, 0.3) is 10.2 Å². The lowest BCUT2D eigenvalue weighted by atomic mass is 10.0. The highest BCUT2D eigenvalue weighted by Crippen LogP contribution is 2.21. The molecule has 0 atom stereocenters. The topological polar surface area (TPSA) is 81.2 Å². The molecule has 6 nitrogen and oxygen atoms in total. The molecule has 8 heteroatoms. The van der Waals surface area contributed by atoms with Gasteiger partial charge < -0.3 is 4.74 Å². The van der Waals surface area contributed by atoms with Crippen LogP contribution in [0.1, 0.15) is 40.2 Å². The van der Waals surface area contributed by atoms with E-state index in [0.29, 0.717) is 20.6 Å². The van der Waals surface area contributed by atoms with E-state index in [1.165, 1.54) is 13.8 Å². The van der Waals surface area contributed by atoms with E-state index < -0.39 is 28.4 Å². The van der Waals surface area contributed by atoms with Crippen LogP contribution in [0, 0.1) is 6.92 Å². The molecule has 122 valence electrons. The SMILES string of the molecule is [B]c1sc2[nH]c(=O)n(C(C)(C)C(=O)OC(C)(C)C)c(=O)c2c1C. The first-order valence-corrected chi connectivity index (χ1v) is 7.95. The van der Waals surface area contributed by atoms with Crippen LogP contribution >= 0.6 is 11.3 Å². The number of aromatic amines is 1. The summed E-state index contributed by atoms with van der Waals surface area (Å²) in [6.45, 7) is 9.84. The maximum atomic E-state index is 12.8. The van der Waals surface area contributed by atoms with Crippen molar-refractivity contribution in [1.29, 1.82) is 0 Å². The Hall–Kier alpha value is -1.83. The predicted molar refractivity (Wildman–Crippen MR) is 92.0 cm³/mol. The number of carbonyl (C=O) groups excluding carboxylic acids is 1. The molecule has 0 saturated carbocycles. The van der Waals surface area contributed by atoms with E-state index in [0.717, 1.165) is 15.9 Å². The maximum absolute atomic E-state index is 12.8. The lowest BCUT2D eigenvalue weighted by Gasteiger charge is -2.29. The minimum Gasteiger partial charge on any atom is -0.458 e. The Kier molecular flexibility index (Phi) is 4.09. The summed E-state index contributed by atoms with van der Waals surface area (Å²) in [4.78, 5) is 40.6. The summed E-state index contributed by atoms with van der Waals surface area (Å²) in [7, 11) is 5.83. The summed E-state index contributed by atoms with van der Waals surface area (Å²) >= 11 is 1.14. The number of carbonyl (C=O) groups is 1. The van der Waals surface area contributed by atoms with Gasteiger partial charge in [0.1, 0.15) is 23.8 Å².